The second kappa shape index (κ2) is 5.63. The Kier molecular flexibility index (Phi) is 4.31. The van der Waals surface area contributed by atoms with Gasteiger partial charge in [-0.1, -0.05) is 6.08 Å². The van der Waals surface area contributed by atoms with E-state index in [1.54, 1.807) is 6.08 Å². The fourth-order valence-corrected chi connectivity index (χ4v) is 3.06. The van der Waals surface area contributed by atoms with Crippen molar-refractivity contribution in [1.29, 1.82) is 0 Å². The zero-order chi connectivity index (χ0) is 14.0. The zero-order valence-electron chi connectivity index (χ0n) is 12.7. The summed E-state index contributed by atoms with van der Waals surface area (Å²) < 4.78 is 0. The van der Waals surface area contributed by atoms with Crippen LogP contribution in [0.1, 0.15) is 20.3 Å². The average Bonchev–Trinajstić information content (AvgIpc) is 2.71. The molecule has 19 heavy (non-hydrogen) atoms. The first-order valence-corrected chi connectivity index (χ1v) is 7.26. The lowest BCUT2D eigenvalue weighted by Gasteiger charge is -2.48. The van der Waals surface area contributed by atoms with Crippen LogP contribution in [0.2, 0.25) is 0 Å². The molecular formula is C15H27N3O. The highest BCUT2D eigenvalue weighted by molar-refractivity contribution is 5.88. The molecule has 1 amide bonds. The van der Waals surface area contributed by atoms with Crippen molar-refractivity contribution in [3.63, 3.8) is 0 Å². The van der Waals surface area contributed by atoms with Crippen LogP contribution in [0.3, 0.4) is 0 Å². The summed E-state index contributed by atoms with van der Waals surface area (Å²) in [5, 5.41) is 0. The van der Waals surface area contributed by atoms with Gasteiger partial charge in [-0.25, -0.2) is 0 Å². The maximum atomic E-state index is 12.0. The van der Waals surface area contributed by atoms with E-state index >= 15 is 0 Å². The minimum absolute atomic E-state index is 0.176. The van der Waals surface area contributed by atoms with E-state index in [9.17, 15) is 4.79 Å². The first-order chi connectivity index (χ1) is 8.92. The SMILES string of the molecule is CC(C)N1CCC2(CN(C(=O)/C=C/CN(C)C)C2)C1. The second-order valence-electron chi connectivity index (χ2n) is 6.67. The number of carbonyl (C=O) groups is 1. The van der Waals surface area contributed by atoms with Gasteiger partial charge in [0.05, 0.1) is 0 Å². The molecule has 0 aromatic heterocycles. The van der Waals surface area contributed by atoms with Crippen molar-refractivity contribution < 1.29 is 4.79 Å². The van der Waals surface area contributed by atoms with Crippen LogP contribution < -0.4 is 0 Å². The molecule has 0 radical (unpaired) electrons. The van der Waals surface area contributed by atoms with Gasteiger partial charge in [-0.15, -0.1) is 0 Å². The van der Waals surface area contributed by atoms with E-state index in [1.165, 1.54) is 13.0 Å². The quantitative estimate of drug-likeness (QED) is 0.711. The summed E-state index contributed by atoms with van der Waals surface area (Å²) >= 11 is 0. The first kappa shape index (κ1) is 14.5. The molecule has 4 nitrogen and oxygen atoms in total. The molecule has 2 rings (SSSR count). The van der Waals surface area contributed by atoms with Gasteiger partial charge in [-0.3, -0.25) is 4.79 Å². The standard InChI is InChI=1S/C15H27N3O/c1-13(2)17-9-7-15(10-17)11-18(12-15)14(19)6-5-8-16(3)4/h5-6,13H,7-12H2,1-4H3/b6-5+. The van der Waals surface area contributed by atoms with Crippen molar-refractivity contribution in [1.82, 2.24) is 14.7 Å². The molecule has 0 unspecified atom stereocenters. The molecule has 2 aliphatic rings. The van der Waals surface area contributed by atoms with Crippen LogP contribution in [0.4, 0.5) is 0 Å². The molecule has 108 valence electrons. The number of likely N-dealkylation sites (tertiary alicyclic amines) is 2. The number of nitrogens with zero attached hydrogens (tertiary/aromatic N) is 3. The topological polar surface area (TPSA) is 26.8 Å². The summed E-state index contributed by atoms with van der Waals surface area (Å²) in [6.07, 6.45) is 4.92. The highest BCUT2D eigenvalue weighted by Gasteiger charge is 2.48. The summed E-state index contributed by atoms with van der Waals surface area (Å²) in [5.74, 6) is 0.176. The minimum atomic E-state index is 0.176. The Morgan fingerprint density at radius 1 is 1.32 bits per heavy atom. The van der Waals surface area contributed by atoms with Crippen molar-refractivity contribution in [2.24, 2.45) is 5.41 Å². The van der Waals surface area contributed by atoms with Crippen LogP contribution >= 0.6 is 0 Å². The summed E-state index contributed by atoms with van der Waals surface area (Å²) in [6, 6.07) is 0.629. The van der Waals surface area contributed by atoms with Crippen LogP contribution in [0.25, 0.3) is 0 Å². The number of amides is 1. The van der Waals surface area contributed by atoms with Crippen molar-refractivity contribution >= 4 is 5.91 Å². The van der Waals surface area contributed by atoms with Crippen LogP contribution in [-0.2, 0) is 4.79 Å². The Labute approximate surface area is 117 Å². The smallest absolute Gasteiger partial charge is 0.246 e. The molecule has 4 heteroatoms. The molecule has 0 aromatic rings. The summed E-state index contributed by atoms with van der Waals surface area (Å²) in [4.78, 5) is 18.5. The van der Waals surface area contributed by atoms with Gasteiger partial charge in [-0.2, -0.15) is 0 Å². The molecule has 0 bridgehead atoms. The lowest BCUT2D eigenvalue weighted by atomic mass is 9.79. The number of rotatable bonds is 4. The fourth-order valence-electron chi connectivity index (χ4n) is 3.06. The van der Waals surface area contributed by atoms with Crippen molar-refractivity contribution in [2.75, 3.05) is 46.8 Å². The predicted octanol–water partition coefficient (Wildman–Crippen LogP) is 1.05. The van der Waals surface area contributed by atoms with Crippen LogP contribution in [0, 0.1) is 5.41 Å². The van der Waals surface area contributed by atoms with E-state index < -0.39 is 0 Å². The maximum Gasteiger partial charge on any atom is 0.246 e. The molecule has 2 aliphatic heterocycles. The Morgan fingerprint density at radius 2 is 2.00 bits per heavy atom. The summed E-state index contributed by atoms with van der Waals surface area (Å²) in [6.45, 7) is 9.58. The molecule has 2 saturated heterocycles. The van der Waals surface area contributed by atoms with E-state index in [2.05, 4.69) is 23.6 Å². The third-order valence-electron chi connectivity index (χ3n) is 4.29. The average molecular weight is 265 g/mol. The molecule has 2 fully saturated rings. The second-order valence-corrected chi connectivity index (χ2v) is 6.67. The normalized spacial score (nSPS) is 22.9. The Balaban J connectivity index is 1.77. The van der Waals surface area contributed by atoms with Crippen LogP contribution in [0.15, 0.2) is 12.2 Å². The van der Waals surface area contributed by atoms with Crippen LogP contribution in [0.5, 0.6) is 0 Å². The molecule has 0 saturated carbocycles. The number of carbonyl (C=O) groups excluding carboxylic acids is 1. The van der Waals surface area contributed by atoms with E-state index in [4.69, 9.17) is 0 Å². The van der Waals surface area contributed by atoms with Gasteiger partial charge in [0.15, 0.2) is 0 Å². The van der Waals surface area contributed by atoms with Gasteiger partial charge in [0.25, 0.3) is 0 Å². The largest absolute Gasteiger partial charge is 0.338 e. The lowest BCUT2D eigenvalue weighted by Crippen LogP contribution is -2.59. The van der Waals surface area contributed by atoms with E-state index in [0.29, 0.717) is 11.5 Å². The lowest BCUT2D eigenvalue weighted by molar-refractivity contribution is -0.137. The molecule has 0 N–H and O–H groups in total. The molecule has 0 aromatic carbocycles. The summed E-state index contributed by atoms with van der Waals surface area (Å²) in [5.41, 5.74) is 0.398. The van der Waals surface area contributed by atoms with Gasteiger partial charge >= 0.3 is 0 Å². The van der Waals surface area contributed by atoms with Crippen LogP contribution in [-0.4, -0.2) is 73.5 Å². The van der Waals surface area contributed by atoms with Gasteiger partial charge in [0, 0.05) is 43.7 Å². The Hall–Kier alpha value is -0.870. The van der Waals surface area contributed by atoms with E-state index in [0.717, 1.165) is 26.2 Å². The number of hydrogen-bond donors (Lipinski definition) is 0. The van der Waals surface area contributed by atoms with Crippen molar-refractivity contribution in [3.05, 3.63) is 12.2 Å². The van der Waals surface area contributed by atoms with Crippen molar-refractivity contribution in [2.45, 2.75) is 26.3 Å². The highest BCUT2D eigenvalue weighted by atomic mass is 16.2. The Morgan fingerprint density at radius 3 is 2.53 bits per heavy atom. The summed E-state index contributed by atoms with van der Waals surface area (Å²) in [7, 11) is 4.01. The third-order valence-corrected chi connectivity index (χ3v) is 4.29. The van der Waals surface area contributed by atoms with Gasteiger partial charge < -0.3 is 14.7 Å². The van der Waals surface area contributed by atoms with Gasteiger partial charge in [0.1, 0.15) is 0 Å². The van der Waals surface area contributed by atoms with E-state index in [-0.39, 0.29) is 5.91 Å². The third kappa shape index (κ3) is 3.37. The highest BCUT2D eigenvalue weighted by Crippen LogP contribution is 2.40. The molecule has 0 aliphatic carbocycles. The monoisotopic (exact) mass is 265 g/mol. The molecule has 1 spiro atoms. The number of likely N-dealkylation sites (N-methyl/N-ethyl adjacent to an activating group) is 1. The number of hydrogen-bond acceptors (Lipinski definition) is 3. The predicted molar refractivity (Wildman–Crippen MR) is 78.0 cm³/mol. The molecular weight excluding hydrogens is 238 g/mol. The first-order valence-electron chi connectivity index (χ1n) is 7.26. The minimum Gasteiger partial charge on any atom is -0.338 e. The van der Waals surface area contributed by atoms with Crippen molar-refractivity contribution in [3.8, 4) is 0 Å². The Bertz CT molecular complexity index is 356. The van der Waals surface area contributed by atoms with Gasteiger partial charge in [-0.05, 0) is 40.9 Å². The molecule has 0 atom stereocenters. The van der Waals surface area contributed by atoms with E-state index in [1.807, 2.05) is 25.1 Å². The fraction of sp³-hybridized carbons (Fsp3) is 0.800. The maximum absolute atomic E-state index is 12.0. The molecule has 2 heterocycles. The van der Waals surface area contributed by atoms with Gasteiger partial charge in [0.2, 0.25) is 5.91 Å². The zero-order valence-corrected chi connectivity index (χ0v) is 12.7.